The minimum absolute atomic E-state index is 0.513. The van der Waals surface area contributed by atoms with Crippen LogP contribution in [0.15, 0.2) is 206 Å². The van der Waals surface area contributed by atoms with Crippen LogP contribution in [-0.4, -0.2) is 0 Å². The highest BCUT2D eigenvalue weighted by molar-refractivity contribution is 6.04. The molecule has 2 unspecified atom stereocenters. The minimum Gasteiger partial charge on any atom is -0.457 e. The normalized spacial score (nSPS) is 18.1. The minimum atomic E-state index is -0.518. The zero-order valence-electron chi connectivity index (χ0n) is 30.0. The molecule has 55 heavy (non-hydrogen) atoms. The largest absolute Gasteiger partial charge is 0.457 e. The van der Waals surface area contributed by atoms with Gasteiger partial charge in [-0.3, -0.25) is 0 Å². The van der Waals surface area contributed by atoms with Gasteiger partial charge in [-0.15, -0.1) is 0 Å². The lowest BCUT2D eigenvalue weighted by atomic mass is 9.66. The van der Waals surface area contributed by atoms with Gasteiger partial charge in [0.1, 0.15) is 11.5 Å². The second-order valence-corrected chi connectivity index (χ2v) is 15.1. The van der Waals surface area contributed by atoms with Crippen LogP contribution in [0.5, 0.6) is 11.5 Å². The smallest absolute Gasteiger partial charge is 0.132 e. The zero-order valence-corrected chi connectivity index (χ0v) is 30.0. The first-order chi connectivity index (χ1) is 27.3. The number of rotatable bonds is 4. The van der Waals surface area contributed by atoms with Crippen LogP contribution in [0.2, 0.25) is 0 Å². The molecule has 3 aliphatic rings. The third-order valence-corrected chi connectivity index (χ3v) is 12.6. The summed E-state index contributed by atoms with van der Waals surface area (Å²) in [5.41, 5.74) is 16.6. The van der Waals surface area contributed by atoms with E-state index in [2.05, 4.69) is 206 Å². The molecule has 0 bridgehead atoms. The summed E-state index contributed by atoms with van der Waals surface area (Å²) in [6.45, 7) is 0. The van der Waals surface area contributed by atoms with Gasteiger partial charge >= 0.3 is 0 Å². The molecule has 0 fully saturated rings. The topological polar surface area (TPSA) is 9.23 Å². The Morgan fingerprint density at radius 1 is 0.327 bits per heavy atom. The highest BCUT2D eigenvalue weighted by Gasteiger charge is 2.53. The first-order valence-corrected chi connectivity index (χ1v) is 19.2. The molecule has 1 heterocycles. The molecule has 2 atom stereocenters. The number of hydrogen-bond donors (Lipinski definition) is 0. The maximum atomic E-state index is 6.83. The van der Waals surface area contributed by atoms with Crippen molar-refractivity contribution in [2.75, 3.05) is 0 Å². The predicted octanol–water partition coefficient (Wildman–Crippen LogP) is 13.3. The van der Waals surface area contributed by atoms with Crippen LogP contribution >= 0.6 is 0 Å². The molecular weight excluding hydrogens is 665 g/mol. The van der Waals surface area contributed by atoms with Crippen LogP contribution in [0.3, 0.4) is 0 Å². The van der Waals surface area contributed by atoms with Crippen LogP contribution in [0.1, 0.15) is 44.5 Å². The fourth-order valence-electron chi connectivity index (χ4n) is 10.6. The molecule has 9 aromatic carbocycles. The van der Waals surface area contributed by atoms with E-state index in [4.69, 9.17) is 4.74 Å². The first kappa shape index (κ1) is 30.5. The Balaban J connectivity index is 1.16. The van der Waals surface area contributed by atoms with Gasteiger partial charge in [-0.25, -0.2) is 0 Å². The summed E-state index contributed by atoms with van der Waals surface area (Å²) in [5, 5.41) is 2.55. The molecule has 256 valence electrons. The molecule has 0 amide bonds. The maximum absolute atomic E-state index is 6.83. The van der Waals surface area contributed by atoms with Gasteiger partial charge in [-0.1, -0.05) is 188 Å². The van der Waals surface area contributed by atoms with Gasteiger partial charge in [0, 0.05) is 11.1 Å². The average Bonchev–Trinajstić information content (AvgIpc) is 3.75. The van der Waals surface area contributed by atoms with Crippen molar-refractivity contribution in [3.05, 3.63) is 251 Å². The second-order valence-electron chi connectivity index (χ2n) is 15.1. The Bertz CT molecular complexity index is 3010. The monoisotopic (exact) mass is 698 g/mol. The molecule has 0 saturated carbocycles. The van der Waals surface area contributed by atoms with E-state index in [0.717, 1.165) is 11.5 Å². The standard InChI is InChI=1S/C54H34O/c1-3-18-37(19-4-1)53(44-26-11-9-24-42(44)50-40-23-8-7-16-35(40)30-32-47(50)53)39-22-15-17-36(34-39)41-31-33-49-52-51(41)43-25-10-12-27-45(43)54(52,38-20-5-2-6-21-38)46-28-13-14-29-48(46)55-49/h1-34H. The summed E-state index contributed by atoms with van der Waals surface area (Å²) in [6, 6.07) is 76.2. The van der Waals surface area contributed by atoms with E-state index < -0.39 is 10.8 Å². The molecule has 1 nitrogen and oxygen atoms in total. The molecule has 0 aromatic heterocycles. The molecule has 0 spiro atoms. The number of benzene rings is 9. The fraction of sp³-hybridized carbons (Fsp3) is 0.0370. The number of fused-ring (bicyclic) bond motifs is 10. The third-order valence-electron chi connectivity index (χ3n) is 12.6. The van der Waals surface area contributed by atoms with Crippen molar-refractivity contribution in [1.82, 2.24) is 0 Å². The van der Waals surface area contributed by atoms with Gasteiger partial charge in [0.15, 0.2) is 0 Å². The number of para-hydroxylation sites is 1. The van der Waals surface area contributed by atoms with Crippen LogP contribution < -0.4 is 4.74 Å². The van der Waals surface area contributed by atoms with E-state index in [1.165, 1.54) is 88.7 Å². The molecule has 2 aliphatic carbocycles. The third kappa shape index (κ3) is 3.87. The Hall–Kier alpha value is -6.96. The Kier molecular flexibility index (Phi) is 6.25. The van der Waals surface area contributed by atoms with Gasteiger partial charge in [-0.05, 0) is 95.7 Å². The highest BCUT2D eigenvalue weighted by atomic mass is 16.5. The summed E-state index contributed by atoms with van der Waals surface area (Å²) < 4.78 is 6.83. The summed E-state index contributed by atoms with van der Waals surface area (Å²) in [5.74, 6) is 1.83. The van der Waals surface area contributed by atoms with Crippen LogP contribution in [0.4, 0.5) is 0 Å². The quantitative estimate of drug-likeness (QED) is 0.178. The number of hydrogen-bond acceptors (Lipinski definition) is 1. The lowest BCUT2D eigenvalue weighted by Crippen LogP contribution is -2.31. The van der Waals surface area contributed by atoms with E-state index in [0.29, 0.717) is 0 Å². The number of ether oxygens (including phenoxy) is 1. The molecule has 1 aliphatic heterocycles. The van der Waals surface area contributed by atoms with Crippen molar-refractivity contribution in [2.24, 2.45) is 0 Å². The lowest BCUT2D eigenvalue weighted by Gasteiger charge is -2.39. The predicted molar refractivity (Wildman–Crippen MR) is 224 cm³/mol. The Labute approximate surface area is 320 Å². The first-order valence-electron chi connectivity index (χ1n) is 19.2. The summed E-state index contributed by atoms with van der Waals surface area (Å²) in [6.07, 6.45) is 0. The van der Waals surface area contributed by atoms with Crippen molar-refractivity contribution < 1.29 is 4.74 Å². The molecule has 0 saturated heterocycles. The second kappa shape index (κ2) is 11.3. The van der Waals surface area contributed by atoms with Crippen LogP contribution in [0, 0.1) is 0 Å². The van der Waals surface area contributed by atoms with Crippen molar-refractivity contribution in [3.8, 4) is 44.9 Å². The van der Waals surface area contributed by atoms with Gasteiger partial charge in [0.25, 0.3) is 0 Å². The average molecular weight is 699 g/mol. The molecule has 9 aromatic rings. The molecule has 0 radical (unpaired) electrons. The van der Waals surface area contributed by atoms with Crippen molar-refractivity contribution in [2.45, 2.75) is 10.8 Å². The molecule has 1 heteroatoms. The van der Waals surface area contributed by atoms with E-state index in [1.54, 1.807) is 0 Å². The lowest BCUT2D eigenvalue weighted by molar-refractivity contribution is 0.438. The van der Waals surface area contributed by atoms with E-state index in [1.807, 2.05) is 0 Å². The van der Waals surface area contributed by atoms with Crippen LogP contribution in [0.25, 0.3) is 44.2 Å². The van der Waals surface area contributed by atoms with Crippen molar-refractivity contribution in [1.29, 1.82) is 0 Å². The van der Waals surface area contributed by atoms with Gasteiger partial charge in [0.2, 0.25) is 0 Å². The van der Waals surface area contributed by atoms with E-state index in [-0.39, 0.29) is 0 Å². The zero-order chi connectivity index (χ0) is 36.1. The van der Waals surface area contributed by atoms with Crippen molar-refractivity contribution >= 4 is 10.8 Å². The SMILES string of the molecule is c1ccc(C2(c3cccc(-c4ccc5c6c4-c4ccccc4C6(c4ccccc4)c4ccccc4O5)c3)c3ccccc3-c3c2ccc2ccccc32)cc1. The molecular formula is C54H34O. The molecule has 12 rings (SSSR count). The van der Waals surface area contributed by atoms with E-state index in [9.17, 15) is 0 Å². The summed E-state index contributed by atoms with van der Waals surface area (Å²) >= 11 is 0. The summed E-state index contributed by atoms with van der Waals surface area (Å²) in [4.78, 5) is 0. The van der Waals surface area contributed by atoms with E-state index >= 15 is 0 Å². The van der Waals surface area contributed by atoms with Gasteiger partial charge < -0.3 is 4.74 Å². The maximum Gasteiger partial charge on any atom is 0.132 e. The Morgan fingerprint density at radius 2 is 0.927 bits per heavy atom. The molecule has 0 N–H and O–H groups in total. The van der Waals surface area contributed by atoms with Crippen molar-refractivity contribution in [3.63, 3.8) is 0 Å². The summed E-state index contributed by atoms with van der Waals surface area (Å²) in [7, 11) is 0. The highest BCUT2D eigenvalue weighted by Crippen LogP contribution is 2.65. The van der Waals surface area contributed by atoms with Gasteiger partial charge in [-0.2, -0.15) is 0 Å². The van der Waals surface area contributed by atoms with Gasteiger partial charge in [0.05, 0.1) is 10.8 Å². The Morgan fingerprint density at radius 3 is 1.71 bits per heavy atom. The van der Waals surface area contributed by atoms with Crippen LogP contribution in [-0.2, 0) is 10.8 Å². The fourth-order valence-corrected chi connectivity index (χ4v) is 10.6.